The van der Waals surface area contributed by atoms with Crippen LogP contribution < -0.4 is 0 Å². The molecule has 4 aromatic heterocycles. The van der Waals surface area contributed by atoms with E-state index < -0.39 is 0 Å². The molecule has 4 heterocycles. The summed E-state index contributed by atoms with van der Waals surface area (Å²) in [5.41, 5.74) is 18.9. The average molecular weight is 725 g/mol. The van der Waals surface area contributed by atoms with E-state index in [1.807, 2.05) is 0 Å². The van der Waals surface area contributed by atoms with E-state index >= 15 is 0 Å². The van der Waals surface area contributed by atoms with Crippen LogP contribution in [0.25, 0.3) is 98.4 Å². The van der Waals surface area contributed by atoms with Gasteiger partial charge in [0.05, 0.1) is 33.1 Å². The monoisotopic (exact) mass is 724 g/mol. The Morgan fingerprint density at radius 2 is 0.643 bits per heavy atom. The van der Waals surface area contributed by atoms with E-state index in [0.717, 1.165) is 0 Å². The summed E-state index contributed by atoms with van der Waals surface area (Å²) in [7, 11) is 0. The molecule has 0 atom stereocenters. The molecule has 0 saturated heterocycles. The minimum Gasteiger partial charge on any atom is -0.308 e. The number of fused-ring (bicyclic) bond motifs is 14. The highest BCUT2D eigenvalue weighted by Crippen LogP contribution is 2.53. The predicted octanol–water partition coefficient (Wildman–Crippen LogP) is 15.8. The number of hydrogen-bond acceptors (Lipinski definition) is 0. The van der Waals surface area contributed by atoms with Gasteiger partial charge in [0.15, 0.2) is 0 Å². The van der Waals surface area contributed by atoms with Crippen molar-refractivity contribution in [2.75, 3.05) is 0 Å². The van der Waals surface area contributed by atoms with Gasteiger partial charge in [-0.05, 0) is 92.4 Å². The molecule has 2 nitrogen and oxygen atoms in total. The largest absolute Gasteiger partial charge is 0.308 e. The third-order valence-corrected chi connectivity index (χ3v) is 13.1. The summed E-state index contributed by atoms with van der Waals surface area (Å²) in [6.07, 6.45) is 0. The van der Waals surface area contributed by atoms with Crippen LogP contribution >= 0.6 is 0 Å². The molecule has 274 valence electrons. The molecule has 0 fully saturated rings. The fourth-order valence-corrected chi connectivity index (χ4v) is 10.7. The Kier molecular flexibility index (Phi) is 7.07. The molecule has 0 radical (unpaired) electrons. The first-order chi connectivity index (χ1) is 27.2. The summed E-state index contributed by atoms with van der Waals surface area (Å²) >= 11 is 0. The first kappa shape index (κ1) is 33.5. The molecule has 56 heavy (non-hydrogen) atoms. The highest BCUT2D eigenvalue weighted by atomic mass is 14.9. The zero-order valence-electron chi connectivity index (χ0n) is 33.8. The van der Waals surface area contributed by atoms with Gasteiger partial charge in [-0.1, -0.05) is 152 Å². The van der Waals surface area contributed by atoms with E-state index in [1.54, 1.807) is 0 Å². The van der Waals surface area contributed by atoms with Crippen LogP contribution in [-0.2, 0) is 0 Å². The van der Waals surface area contributed by atoms with Crippen LogP contribution in [0.3, 0.4) is 0 Å². The van der Waals surface area contributed by atoms with Crippen LogP contribution in [0.2, 0.25) is 0 Å². The zero-order chi connectivity index (χ0) is 38.3. The van der Waals surface area contributed by atoms with Gasteiger partial charge in [0, 0.05) is 43.1 Å². The lowest BCUT2D eigenvalue weighted by Crippen LogP contribution is -1.99. The number of para-hydroxylation sites is 2. The molecule has 11 aromatic rings. The van der Waals surface area contributed by atoms with Crippen LogP contribution in [-0.4, -0.2) is 8.80 Å². The molecule has 11 rings (SSSR count). The number of nitrogens with zero attached hydrogens (tertiary/aromatic N) is 2. The minimum absolute atomic E-state index is 0.427. The second-order valence-electron chi connectivity index (χ2n) is 17.6. The maximum absolute atomic E-state index is 2.61. The summed E-state index contributed by atoms with van der Waals surface area (Å²) in [5, 5.41) is 10.8. The quantitative estimate of drug-likeness (QED) is 0.161. The van der Waals surface area contributed by atoms with Gasteiger partial charge in [0.2, 0.25) is 0 Å². The smallest absolute Gasteiger partial charge is 0.0634 e. The molecule has 0 bridgehead atoms. The van der Waals surface area contributed by atoms with E-state index in [2.05, 4.69) is 186 Å². The Labute approximate surface area is 328 Å². The molecule has 0 aliphatic carbocycles. The van der Waals surface area contributed by atoms with Crippen molar-refractivity contribution in [3.8, 4) is 22.3 Å². The van der Waals surface area contributed by atoms with Gasteiger partial charge in [-0.25, -0.2) is 0 Å². The maximum Gasteiger partial charge on any atom is 0.0634 e. The average Bonchev–Trinajstić information content (AvgIpc) is 3.93. The summed E-state index contributed by atoms with van der Waals surface area (Å²) in [6.45, 7) is 18.6. The second-order valence-corrected chi connectivity index (χ2v) is 17.6. The second kappa shape index (κ2) is 11.8. The molecule has 0 saturated carbocycles. The summed E-state index contributed by atoms with van der Waals surface area (Å²) in [5.74, 6) is 1.71. The summed E-state index contributed by atoms with van der Waals surface area (Å²) < 4.78 is 5.21. The van der Waals surface area contributed by atoms with Gasteiger partial charge in [-0.2, -0.15) is 0 Å². The first-order valence-corrected chi connectivity index (χ1v) is 20.7. The highest BCUT2D eigenvalue weighted by molar-refractivity contribution is 6.45. The van der Waals surface area contributed by atoms with Crippen LogP contribution in [0, 0.1) is 0 Å². The Morgan fingerprint density at radius 1 is 0.321 bits per heavy atom. The van der Waals surface area contributed by atoms with E-state index in [-0.39, 0.29) is 0 Å². The predicted molar refractivity (Wildman–Crippen MR) is 243 cm³/mol. The van der Waals surface area contributed by atoms with Gasteiger partial charge in [0.25, 0.3) is 0 Å². The van der Waals surface area contributed by atoms with Gasteiger partial charge in [0.1, 0.15) is 0 Å². The normalized spacial score (nSPS) is 12.9. The molecule has 2 heteroatoms. The van der Waals surface area contributed by atoms with E-state index in [0.29, 0.717) is 23.7 Å². The molecule has 0 aliphatic rings. The standard InChI is InChI=1S/C54H48N2/c1-29(2)35-17-13-18-36(30(3)4)47(35)33-23-25-41-45(27-33)55-43-21-11-9-15-39(43)50-52-42-26-24-34(48-37(31(5)6)19-14-20-38(48)32(7)8)28-46(42)56-44-22-12-10-16-40(44)49(54(52)56)51(41)53(50)55/h9-32H,1-8H3. The number of hydrogen-bond donors (Lipinski definition) is 0. The third kappa shape index (κ3) is 4.28. The zero-order valence-corrected chi connectivity index (χ0v) is 33.8. The minimum atomic E-state index is 0.427. The van der Waals surface area contributed by atoms with Crippen molar-refractivity contribution >= 4 is 76.2 Å². The molecule has 0 amide bonds. The topological polar surface area (TPSA) is 8.82 Å². The summed E-state index contributed by atoms with van der Waals surface area (Å²) in [4.78, 5) is 0. The molecular weight excluding hydrogens is 677 g/mol. The molecule has 0 spiro atoms. The van der Waals surface area contributed by atoms with Crippen molar-refractivity contribution in [1.82, 2.24) is 8.80 Å². The van der Waals surface area contributed by atoms with Gasteiger partial charge in [-0.3, -0.25) is 0 Å². The lowest BCUT2D eigenvalue weighted by molar-refractivity contribution is 0.838. The molecule has 0 N–H and O–H groups in total. The van der Waals surface area contributed by atoms with Crippen molar-refractivity contribution in [3.05, 3.63) is 144 Å². The Balaban J connectivity index is 1.33. The van der Waals surface area contributed by atoms with Crippen molar-refractivity contribution in [3.63, 3.8) is 0 Å². The van der Waals surface area contributed by atoms with Crippen molar-refractivity contribution < 1.29 is 0 Å². The van der Waals surface area contributed by atoms with E-state index in [4.69, 9.17) is 0 Å². The number of aromatic nitrogens is 2. The number of rotatable bonds is 6. The lowest BCUT2D eigenvalue weighted by atomic mass is 9.84. The van der Waals surface area contributed by atoms with Crippen molar-refractivity contribution in [2.24, 2.45) is 0 Å². The van der Waals surface area contributed by atoms with Crippen LogP contribution in [0.4, 0.5) is 0 Å². The molecule has 0 unspecified atom stereocenters. The van der Waals surface area contributed by atoms with Gasteiger partial charge in [-0.15, -0.1) is 0 Å². The van der Waals surface area contributed by atoms with Gasteiger partial charge < -0.3 is 8.80 Å². The van der Waals surface area contributed by atoms with Crippen molar-refractivity contribution in [1.29, 1.82) is 0 Å². The fraction of sp³-hybridized carbons (Fsp3) is 0.222. The fourth-order valence-electron chi connectivity index (χ4n) is 10.7. The molecular formula is C54H48N2. The molecule has 7 aromatic carbocycles. The van der Waals surface area contributed by atoms with Gasteiger partial charge >= 0.3 is 0 Å². The Hall–Kier alpha value is -5.86. The first-order valence-electron chi connectivity index (χ1n) is 20.7. The highest BCUT2D eigenvalue weighted by Gasteiger charge is 2.29. The number of benzene rings is 7. The summed E-state index contributed by atoms with van der Waals surface area (Å²) in [6, 6.07) is 46.8. The Bertz CT molecular complexity index is 3080. The van der Waals surface area contributed by atoms with Crippen LogP contribution in [0.1, 0.15) is 101 Å². The third-order valence-electron chi connectivity index (χ3n) is 13.1. The SMILES string of the molecule is CC(C)c1cccc(C(C)C)c1-c1ccc2c3c4c5ccccc5n5c6cc(-c7c(C(C)C)cccc7C(C)C)ccc6c(c6c7ccccc7n(c2c1)c63)c45. The Morgan fingerprint density at radius 3 is 0.982 bits per heavy atom. The molecule has 0 aliphatic heterocycles. The van der Waals surface area contributed by atoms with Crippen molar-refractivity contribution in [2.45, 2.75) is 79.1 Å². The lowest BCUT2D eigenvalue weighted by Gasteiger charge is -2.20. The van der Waals surface area contributed by atoms with Crippen LogP contribution in [0.5, 0.6) is 0 Å². The van der Waals surface area contributed by atoms with Crippen LogP contribution in [0.15, 0.2) is 121 Å². The van der Waals surface area contributed by atoms with E-state index in [1.165, 1.54) is 121 Å². The maximum atomic E-state index is 2.61. The van der Waals surface area contributed by atoms with E-state index in [9.17, 15) is 0 Å².